The predicted octanol–water partition coefficient (Wildman–Crippen LogP) is 3.14. The molecule has 0 N–H and O–H groups in total. The monoisotopic (exact) mass is 365 g/mol. The van der Waals surface area contributed by atoms with Gasteiger partial charge in [-0.1, -0.05) is 0 Å². The topological polar surface area (TPSA) is 39.2 Å². The van der Waals surface area contributed by atoms with E-state index in [1.807, 2.05) is 0 Å². The summed E-state index contributed by atoms with van der Waals surface area (Å²) in [6, 6.07) is 0.915. The van der Waals surface area contributed by atoms with Crippen LogP contribution in [0.1, 0.15) is 16.2 Å². The van der Waals surface area contributed by atoms with Gasteiger partial charge < -0.3 is 4.74 Å². The summed E-state index contributed by atoms with van der Waals surface area (Å²) >= 11 is 7.11. The molecule has 8 heteroatoms. The molecule has 88 valence electrons. The second kappa shape index (κ2) is 5.17. The molecule has 0 radical (unpaired) electrons. The lowest BCUT2D eigenvalue weighted by molar-refractivity contribution is -0.275. The summed E-state index contributed by atoms with van der Waals surface area (Å²) in [6.07, 6.45) is -4.49. The van der Waals surface area contributed by atoms with Gasteiger partial charge in [0.1, 0.15) is 11.4 Å². The van der Waals surface area contributed by atoms with Gasteiger partial charge >= 0.3 is 6.36 Å². The molecule has 0 atom stereocenters. The number of nitrogens with zero attached hydrogens (tertiary/aromatic N) is 1. The average Bonchev–Trinajstić information content (AvgIpc) is 2.19. The maximum Gasteiger partial charge on any atom is 0.573 e. The van der Waals surface area contributed by atoms with Crippen molar-refractivity contribution in [3.8, 4) is 5.75 Å². The van der Waals surface area contributed by atoms with E-state index in [4.69, 9.17) is 11.6 Å². The number of hydrogen-bond donors (Lipinski definition) is 0. The van der Waals surface area contributed by atoms with Crippen LogP contribution in [0.3, 0.4) is 0 Å². The fraction of sp³-hybridized carbons (Fsp3) is 0.250. The largest absolute Gasteiger partial charge is 0.573 e. The number of carbonyl (C=O) groups is 1. The molecule has 1 rings (SSSR count). The Labute approximate surface area is 107 Å². The van der Waals surface area contributed by atoms with E-state index in [1.165, 1.54) is 0 Å². The molecule has 0 saturated heterocycles. The smallest absolute Gasteiger partial charge is 0.405 e. The van der Waals surface area contributed by atoms with Gasteiger partial charge in [-0.3, -0.25) is 4.79 Å². The first-order chi connectivity index (χ1) is 7.37. The molecule has 0 bridgehead atoms. The average molecular weight is 365 g/mol. The zero-order valence-electron chi connectivity index (χ0n) is 7.52. The van der Waals surface area contributed by atoms with Crippen LogP contribution in [-0.4, -0.2) is 17.6 Å². The van der Waals surface area contributed by atoms with Crippen molar-refractivity contribution in [2.45, 2.75) is 12.2 Å². The third-order valence-electron chi connectivity index (χ3n) is 1.49. The van der Waals surface area contributed by atoms with Gasteiger partial charge in [-0.2, -0.15) is 0 Å². The molecule has 3 nitrogen and oxygen atoms in total. The molecule has 0 amide bonds. The van der Waals surface area contributed by atoms with E-state index in [9.17, 15) is 18.0 Å². The number of rotatable bonds is 3. The molecule has 0 unspecified atom stereocenters. The molecular formula is C8H4ClF3INO2. The van der Waals surface area contributed by atoms with Crippen LogP contribution in [0.5, 0.6) is 5.75 Å². The summed E-state index contributed by atoms with van der Waals surface area (Å²) in [5.41, 5.74) is 0.0152. The lowest BCUT2D eigenvalue weighted by Crippen LogP contribution is -2.18. The SMILES string of the molecule is O=Cc1cc(OC(F)(F)F)c(I)c(CCl)n1. The van der Waals surface area contributed by atoms with Crippen molar-refractivity contribution in [2.24, 2.45) is 0 Å². The predicted molar refractivity (Wildman–Crippen MR) is 58.6 cm³/mol. The van der Waals surface area contributed by atoms with Crippen molar-refractivity contribution in [2.75, 3.05) is 0 Å². The first-order valence-electron chi connectivity index (χ1n) is 3.83. The van der Waals surface area contributed by atoms with Crippen molar-refractivity contribution in [3.63, 3.8) is 0 Å². The molecular weight excluding hydrogens is 361 g/mol. The third kappa shape index (κ3) is 3.48. The molecule has 1 aromatic heterocycles. The third-order valence-corrected chi connectivity index (χ3v) is 2.89. The normalized spacial score (nSPS) is 11.3. The summed E-state index contributed by atoms with van der Waals surface area (Å²) in [5.74, 6) is -0.574. The van der Waals surface area contributed by atoms with E-state index < -0.39 is 12.1 Å². The molecule has 0 aromatic carbocycles. The van der Waals surface area contributed by atoms with Crippen LogP contribution in [0, 0.1) is 3.57 Å². The summed E-state index contributed by atoms with van der Waals surface area (Å²) in [4.78, 5) is 14.2. The molecule has 0 fully saturated rings. The summed E-state index contributed by atoms with van der Waals surface area (Å²) in [7, 11) is 0. The van der Waals surface area contributed by atoms with E-state index in [0.717, 1.165) is 6.07 Å². The Kier molecular flexibility index (Phi) is 4.36. The minimum atomic E-state index is -4.81. The minimum absolute atomic E-state index is 0.103. The van der Waals surface area contributed by atoms with Crippen LogP contribution in [0.4, 0.5) is 13.2 Å². The van der Waals surface area contributed by atoms with Crippen LogP contribution in [-0.2, 0) is 5.88 Å². The second-order valence-electron chi connectivity index (χ2n) is 2.61. The molecule has 0 aliphatic rings. The van der Waals surface area contributed by atoms with E-state index in [1.54, 1.807) is 22.6 Å². The van der Waals surface area contributed by atoms with Gasteiger partial charge in [-0.25, -0.2) is 4.98 Å². The number of pyridine rings is 1. The van der Waals surface area contributed by atoms with Crippen molar-refractivity contribution >= 4 is 40.5 Å². The van der Waals surface area contributed by atoms with Crippen molar-refractivity contribution in [1.29, 1.82) is 0 Å². The number of aromatic nitrogens is 1. The molecule has 0 saturated carbocycles. The van der Waals surface area contributed by atoms with Crippen molar-refractivity contribution < 1.29 is 22.7 Å². The summed E-state index contributed by atoms with van der Waals surface area (Å²) in [6.45, 7) is 0. The highest BCUT2D eigenvalue weighted by Gasteiger charge is 2.32. The number of carbonyl (C=O) groups excluding carboxylic acids is 1. The lowest BCUT2D eigenvalue weighted by Gasteiger charge is -2.12. The number of hydrogen-bond acceptors (Lipinski definition) is 3. The molecule has 16 heavy (non-hydrogen) atoms. The molecule has 0 spiro atoms. The summed E-state index contributed by atoms with van der Waals surface area (Å²) in [5, 5.41) is 0. The first-order valence-corrected chi connectivity index (χ1v) is 5.45. The Bertz CT molecular complexity index is 411. The maximum absolute atomic E-state index is 12.0. The van der Waals surface area contributed by atoms with Crippen LogP contribution in [0.15, 0.2) is 6.07 Å². The number of halogens is 5. The van der Waals surface area contributed by atoms with Gasteiger partial charge in [0.15, 0.2) is 6.29 Å². The standard InChI is InChI=1S/C8H4ClF3INO2/c9-2-5-7(13)6(16-8(10,11)12)1-4(3-15)14-5/h1,3H,2H2. The minimum Gasteiger partial charge on any atom is -0.405 e. The van der Waals surface area contributed by atoms with Gasteiger partial charge in [0.05, 0.1) is 15.1 Å². The Hall–Kier alpha value is -0.570. The quantitative estimate of drug-likeness (QED) is 0.469. The van der Waals surface area contributed by atoms with Crippen LogP contribution >= 0.6 is 34.2 Å². The number of ether oxygens (including phenoxy) is 1. The Morgan fingerprint density at radius 1 is 1.56 bits per heavy atom. The first kappa shape index (κ1) is 13.5. The molecule has 1 heterocycles. The van der Waals surface area contributed by atoms with E-state index in [2.05, 4.69) is 9.72 Å². The fourth-order valence-electron chi connectivity index (χ4n) is 0.925. The van der Waals surface area contributed by atoms with Crippen LogP contribution < -0.4 is 4.74 Å². The van der Waals surface area contributed by atoms with Gasteiger partial charge in [0, 0.05) is 6.07 Å². The van der Waals surface area contributed by atoms with Gasteiger partial charge in [-0.15, -0.1) is 24.8 Å². The molecule has 0 aliphatic heterocycles. The highest BCUT2D eigenvalue weighted by atomic mass is 127. The van der Waals surface area contributed by atoms with Gasteiger partial charge in [0.2, 0.25) is 0 Å². The zero-order chi connectivity index (χ0) is 12.3. The fourth-order valence-corrected chi connectivity index (χ4v) is 1.92. The molecule has 1 aromatic rings. The summed E-state index contributed by atoms with van der Waals surface area (Å²) < 4.78 is 40.0. The Morgan fingerprint density at radius 2 is 2.19 bits per heavy atom. The number of aldehydes is 1. The van der Waals surface area contributed by atoms with E-state index >= 15 is 0 Å². The highest BCUT2D eigenvalue weighted by molar-refractivity contribution is 14.1. The highest BCUT2D eigenvalue weighted by Crippen LogP contribution is 2.30. The van der Waals surface area contributed by atoms with Gasteiger partial charge in [-0.05, 0) is 22.6 Å². The van der Waals surface area contributed by atoms with Crippen LogP contribution in [0.25, 0.3) is 0 Å². The van der Waals surface area contributed by atoms with E-state index in [-0.39, 0.29) is 20.8 Å². The Balaban J connectivity index is 3.21. The van der Waals surface area contributed by atoms with E-state index in [0.29, 0.717) is 6.29 Å². The van der Waals surface area contributed by atoms with Crippen molar-refractivity contribution in [3.05, 3.63) is 21.0 Å². The van der Waals surface area contributed by atoms with Crippen molar-refractivity contribution in [1.82, 2.24) is 4.98 Å². The Morgan fingerprint density at radius 3 is 2.62 bits per heavy atom. The zero-order valence-corrected chi connectivity index (χ0v) is 10.4. The second-order valence-corrected chi connectivity index (χ2v) is 3.95. The maximum atomic E-state index is 12.0. The lowest BCUT2D eigenvalue weighted by atomic mass is 10.3. The number of alkyl halides is 4. The molecule has 0 aliphatic carbocycles. The van der Waals surface area contributed by atoms with Gasteiger partial charge in [0.25, 0.3) is 0 Å². The van der Waals surface area contributed by atoms with Crippen LogP contribution in [0.2, 0.25) is 0 Å².